The van der Waals surface area contributed by atoms with Gasteiger partial charge >= 0.3 is 0 Å². The first kappa shape index (κ1) is 26.5. The van der Waals surface area contributed by atoms with Gasteiger partial charge in [0.2, 0.25) is 0 Å². The molecule has 0 atom stereocenters. The zero-order chi connectivity index (χ0) is 29.4. The van der Waals surface area contributed by atoms with Crippen molar-refractivity contribution in [1.29, 1.82) is 0 Å². The van der Waals surface area contributed by atoms with Crippen molar-refractivity contribution in [3.63, 3.8) is 0 Å². The van der Waals surface area contributed by atoms with Gasteiger partial charge in [-0.15, -0.1) is 5.92 Å². The molecular formula is C34H22O8. The zero-order valence-electron chi connectivity index (χ0n) is 22.6. The van der Waals surface area contributed by atoms with Gasteiger partial charge in [-0.3, -0.25) is 38.7 Å². The quantitative estimate of drug-likeness (QED) is 0.112. The minimum atomic E-state index is -1.70. The number of carbonyl (C=O) groups excluding carboxylic acids is 4. The van der Waals surface area contributed by atoms with Crippen molar-refractivity contribution in [3.8, 4) is 34.8 Å². The Morgan fingerprint density at radius 3 is 1.40 bits per heavy atom. The lowest BCUT2D eigenvalue weighted by Crippen LogP contribution is -2.35. The van der Waals surface area contributed by atoms with Crippen molar-refractivity contribution in [3.05, 3.63) is 118 Å². The fraction of sp³-hybridized carbons (Fsp3) is 0.118. The van der Waals surface area contributed by atoms with Crippen LogP contribution in [-0.4, -0.2) is 23.1 Å². The molecular weight excluding hydrogens is 536 g/mol. The Morgan fingerprint density at radius 2 is 1.00 bits per heavy atom. The molecule has 2 aliphatic heterocycles. The van der Waals surface area contributed by atoms with E-state index >= 15 is 0 Å². The monoisotopic (exact) mass is 558 g/mol. The van der Waals surface area contributed by atoms with Crippen LogP contribution >= 0.6 is 0 Å². The second-order valence-electron chi connectivity index (χ2n) is 9.90. The lowest BCUT2D eigenvalue weighted by Gasteiger charge is -2.21. The molecule has 4 aromatic carbocycles. The van der Waals surface area contributed by atoms with E-state index in [9.17, 15) is 19.2 Å². The summed E-state index contributed by atoms with van der Waals surface area (Å²) >= 11 is 0. The molecule has 2 heterocycles. The average Bonchev–Trinajstić information content (AvgIpc) is 3.60. The summed E-state index contributed by atoms with van der Waals surface area (Å²) in [6.45, 7) is 3.31. The van der Waals surface area contributed by atoms with Gasteiger partial charge in [-0.2, -0.15) is 0 Å². The van der Waals surface area contributed by atoms with E-state index in [1.807, 2.05) is 6.92 Å². The van der Waals surface area contributed by atoms with Crippen molar-refractivity contribution >= 4 is 23.1 Å². The van der Waals surface area contributed by atoms with Crippen molar-refractivity contribution in [2.45, 2.75) is 20.3 Å². The minimum absolute atomic E-state index is 0.225. The molecule has 0 aromatic heterocycles. The highest BCUT2D eigenvalue weighted by atomic mass is 17.2. The third kappa shape index (κ3) is 4.57. The molecule has 4 aromatic rings. The molecule has 8 heteroatoms. The van der Waals surface area contributed by atoms with Gasteiger partial charge in [0.05, 0.1) is 11.1 Å². The van der Waals surface area contributed by atoms with Gasteiger partial charge in [0.1, 0.15) is 0 Å². The summed E-state index contributed by atoms with van der Waals surface area (Å²) in [6.07, 6.45) is 0.441. The van der Waals surface area contributed by atoms with Gasteiger partial charge in [0.25, 0.3) is 0 Å². The van der Waals surface area contributed by atoms with Crippen LogP contribution in [-0.2, 0) is 0 Å². The molecule has 0 unspecified atom stereocenters. The van der Waals surface area contributed by atoms with E-state index in [-0.39, 0.29) is 22.7 Å². The van der Waals surface area contributed by atoms with Gasteiger partial charge in [-0.1, -0.05) is 61.4 Å². The van der Waals surface area contributed by atoms with Crippen LogP contribution in [0.2, 0.25) is 0 Å². The number of Topliss-reactive ketones (excluding diaryl/α,β-unsaturated/α-hetero) is 2. The number of fused-ring (bicyclic) bond motifs is 4. The predicted octanol–water partition coefficient (Wildman–Crippen LogP) is 6.01. The van der Waals surface area contributed by atoms with Crippen LogP contribution < -0.4 is 19.6 Å². The van der Waals surface area contributed by atoms with E-state index in [1.54, 1.807) is 36.4 Å². The Bertz CT molecular complexity index is 1720. The van der Waals surface area contributed by atoms with E-state index in [2.05, 4.69) is 11.8 Å². The number of ketones is 4. The number of rotatable bonds is 8. The van der Waals surface area contributed by atoms with Gasteiger partial charge in [0, 0.05) is 40.8 Å². The molecule has 0 amide bonds. The molecule has 42 heavy (non-hydrogen) atoms. The van der Waals surface area contributed by atoms with Crippen molar-refractivity contribution < 1.29 is 38.7 Å². The number of hydrogen-bond acceptors (Lipinski definition) is 8. The molecule has 8 nitrogen and oxygen atoms in total. The minimum Gasteiger partial charge on any atom is -0.292 e. The molecule has 6 rings (SSSR count). The van der Waals surface area contributed by atoms with E-state index in [0.717, 1.165) is 0 Å². The summed E-state index contributed by atoms with van der Waals surface area (Å²) in [5.74, 6) is 5.78. The Hall–Kier alpha value is -5.68. The predicted molar refractivity (Wildman–Crippen MR) is 150 cm³/mol. The van der Waals surface area contributed by atoms with Crippen molar-refractivity contribution in [2.24, 2.45) is 5.41 Å². The first-order chi connectivity index (χ1) is 20.3. The van der Waals surface area contributed by atoms with E-state index in [1.165, 1.54) is 55.5 Å². The smallest absolute Gasteiger partial charge is 0.196 e. The third-order valence-electron chi connectivity index (χ3n) is 7.09. The van der Waals surface area contributed by atoms with E-state index in [0.29, 0.717) is 51.7 Å². The van der Waals surface area contributed by atoms with Crippen LogP contribution in [0.1, 0.15) is 72.8 Å². The standard InChI is InChI=1S/C34H22O8/c1-3-4-17-34(2,32(37)22-9-5-20(6-10-22)30(35)26-15-13-24-18-28(26)41-39-24)33(38)23-11-7-21(8-12-23)31(36)27-16-14-25-19-29(27)42-40-25/h5-16,18-19H,3H2,1-2H3. The van der Waals surface area contributed by atoms with E-state index < -0.39 is 17.0 Å². The highest BCUT2D eigenvalue weighted by Crippen LogP contribution is 2.34. The van der Waals surface area contributed by atoms with Crippen LogP contribution in [0.15, 0.2) is 84.9 Å². The van der Waals surface area contributed by atoms with E-state index in [4.69, 9.17) is 19.6 Å². The summed E-state index contributed by atoms with van der Waals surface area (Å²) in [7, 11) is 0. The fourth-order valence-electron chi connectivity index (χ4n) is 4.72. The maximum atomic E-state index is 13.8. The number of hydrogen-bond donors (Lipinski definition) is 0. The van der Waals surface area contributed by atoms with Crippen molar-refractivity contribution in [1.82, 2.24) is 0 Å². The Labute approximate surface area is 240 Å². The Kier molecular flexibility index (Phi) is 6.56. The summed E-state index contributed by atoms with van der Waals surface area (Å²) in [5, 5.41) is 0. The second kappa shape index (κ2) is 10.4. The van der Waals surface area contributed by atoms with Gasteiger partial charge < -0.3 is 0 Å². The lowest BCUT2D eigenvalue weighted by molar-refractivity contribution is -0.0849. The molecule has 206 valence electrons. The van der Waals surface area contributed by atoms with Crippen LogP contribution in [0.4, 0.5) is 0 Å². The summed E-state index contributed by atoms with van der Waals surface area (Å²) in [5.41, 5.74) is 0.0759. The molecule has 0 radical (unpaired) electrons. The molecule has 2 aliphatic rings. The van der Waals surface area contributed by atoms with Crippen LogP contribution in [0.25, 0.3) is 0 Å². The molecule has 4 bridgehead atoms. The SMILES string of the molecule is CCC#CC(C)(C(=O)c1ccc(C(=O)c2ccc3cc2OO3)cc1)C(=O)c1ccc(C(=O)c2ccc3cc2OO3)cc1. The molecule has 0 saturated heterocycles. The average molecular weight is 559 g/mol. The number of carbonyl (C=O) groups is 4. The fourth-order valence-corrected chi connectivity index (χ4v) is 4.72. The first-order valence-electron chi connectivity index (χ1n) is 13.1. The topological polar surface area (TPSA) is 105 Å². The molecule has 0 fully saturated rings. The lowest BCUT2D eigenvalue weighted by atomic mass is 9.76. The number of benzene rings is 4. The molecule has 0 aliphatic carbocycles. The maximum absolute atomic E-state index is 13.8. The second-order valence-corrected chi connectivity index (χ2v) is 9.90. The van der Waals surface area contributed by atoms with Gasteiger partial charge in [-0.05, 0) is 31.2 Å². The van der Waals surface area contributed by atoms with Crippen LogP contribution in [0, 0.1) is 17.3 Å². The third-order valence-corrected chi connectivity index (χ3v) is 7.09. The summed E-state index contributed by atoms with van der Waals surface area (Å²) in [6, 6.07) is 21.8. The summed E-state index contributed by atoms with van der Waals surface area (Å²) < 4.78 is 0. The Balaban J connectivity index is 1.24. The molecule has 0 saturated carbocycles. The van der Waals surface area contributed by atoms with Crippen molar-refractivity contribution in [2.75, 3.05) is 0 Å². The van der Waals surface area contributed by atoms with Crippen LogP contribution in [0.5, 0.6) is 23.0 Å². The van der Waals surface area contributed by atoms with Crippen LogP contribution in [0.3, 0.4) is 0 Å². The Morgan fingerprint density at radius 1 is 0.595 bits per heavy atom. The maximum Gasteiger partial charge on any atom is 0.196 e. The normalized spacial score (nSPS) is 12.1. The summed E-state index contributed by atoms with van der Waals surface area (Å²) in [4.78, 5) is 73.7. The largest absolute Gasteiger partial charge is 0.292 e. The highest BCUT2D eigenvalue weighted by Gasteiger charge is 2.40. The van der Waals surface area contributed by atoms with Gasteiger partial charge in [-0.25, -0.2) is 0 Å². The zero-order valence-corrected chi connectivity index (χ0v) is 22.6. The highest BCUT2D eigenvalue weighted by molar-refractivity contribution is 6.22. The molecule has 0 N–H and O–H groups in total. The molecule has 0 spiro atoms. The van der Waals surface area contributed by atoms with Gasteiger partial charge in [0.15, 0.2) is 51.5 Å². The first-order valence-corrected chi connectivity index (χ1v) is 13.1.